The molecule has 0 aliphatic carbocycles. The van der Waals surface area contributed by atoms with E-state index >= 15 is 0 Å². The van der Waals surface area contributed by atoms with Crippen LogP contribution in [0.4, 0.5) is 4.39 Å². The molecule has 1 aliphatic heterocycles. The molecule has 0 radical (unpaired) electrons. The lowest BCUT2D eigenvalue weighted by Gasteiger charge is -2.34. The van der Waals surface area contributed by atoms with E-state index in [4.69, 9.17) is 4.74 Å². The largest absolute Gasteiger partial charge is 0.497 e. The minimum absolute atomic E-state index is 0.0783. The molecule has 32 heavy (non-hydrogen) atoms. The number of rotatable bonds is 7. The Morgan fingerprint density at radius 2 is 1.78 bits per heavy atom. The minimum Gasteiger partial charge on any atom is -0.497 e. The van der Waals surface area contributed by atoms with E-state index in [0.29, 0.717) is 36.1 Å². The van der Waals surface area contributed by atoms with Gasteiger partial charge in [0.2, 0.25) is 5.91 Å². The van der Waals surface area contributed by atoms with E-state index in [-0.39, 0.29) is 11.7 Å². The summed E-state index contributed by atoms with van der Waals surface area (Å²) in [4.78, 5) is 16.8. The van der Waals surface area contributed by atoms with Crippen molar-refractivity contribution >= 4 is 17.7 Å². The molecule has 1 aromatic heterocycles. The number of methoxy groups -OCH3 is 1. The first-order chi connectivity index (χ1) is 15.5. The highest BCUT2D eigenvalue weighted by Gasteiger charge is 2.22. The van der Waals surface area contributed by atoms with E-state index in [1.807, 2.05) is 52.9 Å². The molecule has 0 spiro atoms. The summed E-state index contributed by atoms with van der Waals surface area (Å²) >= 11 is 1.39. The number of aromatic nitrogens is 3. The van der Waals surface area contributed by atoms with Gasteiger partial charge < -0.3 is 14.2 Å². The number of nitrogens with zero attached hydrogens (tertiary/aromatic N) is 5. The molecule has 2 heterocycles. The number of hydrogen-bond acceptors (Lipinski definition) is 6. The zero-order valence-corrected chi connectivity index (χ0v) is 19.0. The number of carbonyl (C=O) groups excluding carboxylic acids is 1. The Hall–Kier alpha value is -2.91. The summed E-state index contributed by atoms with van der Waals surface area (Å²) in [5, 5.41) is 9.22. The molecule has 1 aliphatic rings. The first-order valence-corrected chi connectivity index (χ1v) is 11.4. The van der Waals surface area contributed by atoms with Crippen LogP contribution in [0, 0.1) is 5.82 Å². The lowest BCUT2D eigenvalue weighted by atomic mass is 10.2. The maximum Gasteiger partial charge on any atom is 0.233 e. The molecule has 7 nitrogen and oxygen atoms in total. The molecule has 1 amide bonds. The molecule has 4 rings (SSSR count). The second-order valence-corrected chi connectivity index (χ2v) is 8.57. The fourth-order valence-electron chi connectivity index (χ4n) is 3.67. The van der Waals surface area contributed by atoms with Crippen molar-refractivity contribution in [2.24, 2.45) is 7.05 Å². The van der Waals surface area contributed by atoms with E-state index < -0.39 is 0 Å². The summed E-state index contributed by atoms with van der Waals surface area (Å²) in [5.74, 6) is 1.73. The zero-order chi connectivity index (χ0) is 22.5. The molecule has 1 fully saturated rings. The molecule has 1 saturated heterocycles. The van der Waals surface area contributed by atoms with Crippen LogP contribution in [0.15, 0.2) is 53.7 Å². The number of piperazine rings is 1. The van der Waals surface area contributed by atoms with Crippen LogP contribution in [-0.2, 0) is 18.4 Å². The number of thioether (sulfide) groups is 1. The van der Waals surface area contributed by atoms with Gasteiger partial charge in [-0.15, -0.1) is 10.2 Å². The number of hydrogen-bond donors (Lipinski definition) is 0. The van der Waals surface area contributed by atoms with Gasteiger partial charge in [0.15, 0.2) is 11.0 Å². The van der Waals surface area contributed by atoms with Crippen molar-refractivity contribution < 1.29 is 13.9 Å². The van der Waals surface area contributed by atoms with Crippen LogP contribution in [0.5, 0.6) is 5.75 Å². The maximum atomic E-state index is 13.9. The fourth-order valence-corrected chi connectivity index (χ4v) is 4.49. The van der Waals surface area contributed by atoms with Crippen molar-refractivity contribution in [3.05, 3.63) is 59.9 Å². The van der Waals surface area contributed by atoms with Gasteiger partial charge in [0.25, 0.3) is 0 Å². The standard InChI is InChI=1S/C23H26FN5O2S/c1-27-22(17-7-9-19(31-2)10-8-17)25-26-23(27)32-16-21(30)29-13-11-28(12-14-29)15-18-5-3-4-6-20(18)24/h3-10H,11-16H2,1-2H3. The lowest BCUT2D eigenvalue weighted by Crippen LogP contribution is -2.48. The van der Waals surface area contributed by atoms with Gasteiger partial charge in [0.1, 0.15) is 11.6 Å². The van der Waals surface area contributed by atoms with Crippen LogP contribution in [-0.4, -0.2) is 69.5 Å². The average molecular weight is 456 g/mol. The molecule has 3 aromatic rings. The van der Waals surface area contributed by atoms with E-state index in [1.165, 1.54) is 17.8 Å². The maximum absolute atomic E-state index is 13.9. The summed E-state index contributed by atoms with van der Waals surface area (Å²) in [5.41, 5.74) is 1.63. The van der Waals surface area contributed by atoms with Gasteiger partial charge >= 0.3 is 0 Å². The van der Waals surface area contributed by atoms with Gasteiger partial charge in [-0.1, -0.05) is 30.0 Å². The van der Waals surface area contributed by atoms with E-state index in [9.17, 15) is 9.18 Å². The highest BCUT2D eigenvalue weighted by Crippen LogP contribution is 2.24. The van der Waals surface area contributed by atoms with Crippen LogP contribution in [0.3, 0.4) is 0 Å². The van der Waals surface area contributed by atoms with Gasteiger partial charge in [-0.05, 0) is 30.3 Å². The molecule has 2 aromatic carbocycles. The quantitative estimate of drug-likeness (QED) is 0.511. The van der Waals surface area contributed by atoms with Gasteiger partial charge in [0, 0.05) is 50.9 Å². The van der Waals surface area contributed by atoms with Crippen molar-refractivity contribution in [3.63, 3.8) is 0 Å². The second-order valence-electron chi connectivity index (χ2n) is 7.63. The molecule has 0 atom stereocenters. The van der Waals surface area contributed by atoms with Crippen LogP contribution in [0.1, 0.15) is 5.56 Å². The summed E-state index contributed by atoms with van der Waals surface area (Å²) in [6.07, 6.45) is 0. The molecular weight excluding hydrogens is 429 g/mol. The Morgan fingerprint density at radius 3 is 2.47 bits per heavy atom. The van der Waals surface area contributed by atoms with Crippen molar-refractivity contribution in [3.8, 4) is 17.1 Å². The van der Waals surface area contributed by atoms with Crippen LogP contribution in [0.2, 0.25) is 0 Å². The van der Waals surface area contributed by atoms with Crippen LogP contribution < -0.4 is 4.74 Å². The fraction of sp³-hybridized carbons (Fsp3) is 0.348. The van der Waals surface area contributed by atoms with Crippen LogP contribution >= 0.6 is 11.8 Å². The number of ether oxygens (including phenoxy) is 1. The molecule has 0 bridgehead atoms. The van der Waals surface area contributed by atoms with Gasteiger partial charge in [-0.2, -0.15) is 0 Å². The number of benzene rings is 2. The van der Waals surface area contributed by atoms with Gasteiger partial charge in [-0.25, -0.2) is 4.39 Å². The summed E-state index contributed by atoms with van der Waals surface area (Å²) < 4.78 is 21.0. The number of halogens is 1. The molecule has 0 saturated carbocycles. The zero-order valence-electron chi connectivity index (χ0n) is 18.2. The van der Waals surface area contributed by atoms with Crippen molar-refractivity contribution in [2.45, 2.75) is 11.7 Å². The molecule has 168 valence electrons. The molecule has 9 heteroatoms. The Kier molecular flexibility index (Phi) is 7.06. The second kappa shape index (κ2) is 10.1. The lowest BCUT2D eigenvalue weighted by molar-refractivity contribution is -0.130. The third-order valence-electron chi connectivity index (χ3n) is 5.58. The highest BCUT2D eigenvalue weighted by molar-refractivity contribution is 7.99. The van der Waals surface area contributed by atoms with E-state index in [1.54, 1.807) is 13.2 Å². The number of amides is 1. The van der Waals surface area contributed by atoms with Crippen LogP contribution in [0.25, 0.3) is 11.4 Å². The third kappa shape index (κ3) is 5.11. The Bertz CT molecular complexity index is 1060. The summed E-state index contributed by atoms with van der Waals surface area (Å²) in [7, 11) is 3.53. The first-order valence-electron chi connectivity index (χ1n) is 10.5. The molecule has 0 unspecified atom stereocenters. The van der Waals surface area contributed by atoms with Crippen molar-refractivity contribution in [1.29, 1.82) is 0 Å². The third-order valence-corrected chi connectivity index (χ3v) is 6.59. The average Bonchev–Trinajstić information content (AvgIpc) is 3.19. The normalized spacial score (nSPS) is 14.5. The van der Waals surface area contributed by atoms with E-state index in [0.717, 1.165) is 30.2 Å². The van der Waals surface area contributed by atoms with Gasteiger partial charge in [0.05, 0.1) is 12.9 Å². The summed E-state index contributed by atoms with van der Waals surface area (Å²) in [6.45, 7) is 3.32. The van der Waals surface area contributed by atoms with Crippen molar-refractivity contribution in [2.75, 3.05) is 39.0 Å². The monoisotopic (exact) mass is 455 g/mol. The SMILES string of the molecule is COc1ccc(-c2nnc(SCC(=O)N3CCN(Cc4ccccc4F)CC3)n2C)cc1. The van der Waals surface area contributed by atoms with Gasteiger partial charge in [-0.3, -0.25) is 9.69 Å². The Labute approximate surface area is 191 Å². The Balaban J connectivity index is 1.28. The number of carbonyl (C=O) groups is 1. The molecule has 0 N–H and O–H groups in total. The first kappa shape index (κ1) is 22.3. The topological polar surface area (TPSA) is 63.5 Å². The van der Waals surface area contributed by atoms with Crippen molar-refractivity contribution in [1.82, 2.24) is 24.6 Å². The summed E-state index contributed by atoms with van der Waals surface area (Å²) in [6, 6.07) is 14.5. The van der Waals surface area contributed by atoms with E-state index in [2.05, 4.69) is 15.1 Å². The predicted molar refractivity (Wildman–Crippen MR) is 122 cm³/mol. The predicted octanol–water partition coefficient (Wildman–Crippen LogP) is 3.07. The molecular formula is C23H26FN5O2S. The Morgan fingerprint density at radius 1 is 1.06 bits per heavy atom. The smallest absolute Gasteiger partial charge is 0.233 e. The minimum atomic E-state index is -0.180. The highest BCUT2D eigenvalue weighted by atomic mass is 32.2.